The van der Waals surface area contributed by atoms with Crippen molar-refractivity contribution in [3.63, 3.8) is 0 Å². The van der Waals surface area contributed by atoms with Crippen molar-refractivity contribution in [2.24, 2.45) is 11.8 Å². The van der Waals surface area contributed by atoms with Gasteiger partial charge in [0.15, 0.2) is 0 Å². The molecule has 2 rings (SSSR count). The molecule has 0 aromatic heterocycles. The molecule has 0 bridgehead atoms. The summed E-state index contributed by atoms with van der Waals surface area (Å²) in [5.41, 5.74) is 0. The van der Waals surface area contributed by atoms with Crippen molar-refractivity contribution < 1.29 is 9.59 Å². The summed E-state index contributed by atoms with van der Waals surface area (Å²) in [5.74, 6) is 0.905. The average molecular weight is 318 g/mol. The first kappa shape index (κ1) is 18.2. The molecule has 21 heavy (non-hydrogen) atoms. The van der Waals surface area contributed by atoms with Crippen LogP contribution in [0, 0.1) is 11.8 Å². The van der Waals surface area contributed by atoms with Crippen LogP contribution in [0.1, 0.15) is 45.4 Å². The molecule has 1 heterocycles. The van der Waals surface area contributed by atoms with Gasteiger partial charge in [-0.05, 0) is 19.8 Å². The average Bonchev–Trinajstić information content (AvgIpc) is 2.37. The molecule has 1 aliphatic carbocycles. The van der Waals surface area contributed by atoms with E-state index in [-0.39, 0.29) is 36.2 Å². The van der Waals surface area contributed by atoms with Crippen LogP contribution in [0.2, 0.25) is 0 Å². The smallest absolute Gasteiger partial charge is 0.223 e. The van der Waals surface area contributed by atoms with Crippen LogP contribution >= 0.6 is 12.4 Å². The number of amides is 2. The van der Waals surface area contributed by atoms with Crippen molar-refractivity contribution in [2.45, 2.75) is 51.5 Å². The van der Waals surface area contributed by atoms with Crippen LogP contribution in [-0.2, 0) is 9.59 Å². The monoisotopic (exact) mass is 317 g/mol. The molecule has 122 valence electrons. The normalized spacial score (nSPS) is 20.8. The summed E-state index contributed by atoms with van der Waals surface area (Å²) in [5, 5.41) is 9.10. The zero-order valence-corrected chi connectivity index (χ0v) is 13.6. The maximum atomic E-state index is 12.1. The Morgan fingerprint density at radius 2 is 1.86 bits per heavy atom. The van der Waals surface area contributed by atoms with Crippen LogP contribution in [0.5, 0.6) is 0 Å². The van der Waals surface area contributed by atoms with Gasteiger partial charge in [0.05, 0.1) is 0 Å². The SMILES string of the molecule is CC(CC(=O)NCC1CNC1)NC(=O)C1CCCCC1.Cl. The highest BCUT2D eigenvalue weighted by Crippen LogP contribution is 2.23. The van der Waals surface area contributed by atoms with Crippen molar-refractivity contribution in [3.05, 3.63) is 0 Å². The van der Waals surface area contributed by atoms with Crippen LogP contribution in [0.15, 0.2) is 0 Å². The van der Waals surface area contributed by atoms with E-state index in [1.807, 2.05) is 6.92 Å². The first-order valence-electron chi connectivity index (χ1n) is 7.93. The van der Waals surface area contributed by atoms with Crippen molar-refractivity contribution in [3.8, 4) is 0 Å². The Bertz CT molecular complexity index is 342. The molecule has 1 atom stereocenters. The van der Waals surface area contributed by atoms with E-state index in [4.69, 9.17) is 0 Å². The largest absolute Gasteiger partial charge is 0.356 e. The summed E-state index contributed by atoms with van der Waals surface area (Å²) in [6.07, 6.45) is 5.93. The Kier molecular flexibility index (Phi) is 8.04. The molecule has 0 radical (unpaired) electrons. The first-order chi connectivity index (χ1) is 9.65. The summed E-state index contributed by atoms with van der Waals surface area (Å²) in [6.45, 7) is 4.64. The maximum Gasteiger partial charge on any atom is 0.223 e. The highest BCUT2D eigenvalue weighted by atomic mass is 35.5. The number of carbonyl (C=O) groups is 2. The Morgan fingerprint density at radius 1 is 1.19 bits per heavy atom. The van der Waals surface area contributed by atoms with E-state index in [0.29, 0.717) is 12.3 Å². The first-order valence-corrected chi connectivity index (χ1v) is 7.93. The number of hydrogen-bond acceptors (Lipinski definition) is 3. The number of hydrogen-bond donors (Lipinski definition) is 3. The van der Waals surface area contributed by atoms with Gasteiger partial charge in [0, 0.05) is 43.9 Å². The number of nitrogens with one attached hydrogen (secondary N) is 3. The lowest BCUT2D eigenvalue weighted by Gasteiger charge is -2.27. The highest BCUT2D eigenvalue weighted by Gasteiger charge is 2.23. The molecular weight excluding hydrogens is 290 g/mol. The second kappa shape index (κ2) is 9.26. The minimum Gasteiger partial charge on any atom is -0.356 e. The lowest BCUT2D eigenvalue weighted by molar-refractivity contribution is -0.127. The second-order valence-electron chi connectivity index (χ2n) is 6.28. The van der Waals surface area contributed by atoms with Gasteiger partial charge in [-0.25, -0.2) is 0 Å². The molecule has 1 aliphatic heterocycles. The van der Waals surface area contributed by atoms with Gasteiger partial charge in [-0.2, -0.15) is 0 Å². The van der Waals surface area contributed by atoms with E-state index in [1.165, 1.54) is 6.42 Å². The Hall–Kier alpha value is -0.810. The third-order valence-electron chi connectivity index (χ3n) is 4.31. The van der Waals surface area contributed by atoms with Crippen LogP contribution in [-0.4, -0.2) is 37.5 Å². The number of rotatable bonds is 6. The lowest BCUT2D eigenvalue weighted by Crippen LogP contribution is -2.49. The van der Waals surface area contributed by atoms with Crippen LogP contribution in [0.3, 0.4) is 0 Å². The van der Waals surface area contributed by atoms with Gasteiger partial charge in [0.1, 0.15) is 0 Å². The van der Waals surface area contributed by atoms with Gasteiger partial charge in [-0.15, -0.1) is 12.4 Å². The van der Waals surface area contributed by atoms with E-state index in [0.717, 1.165) is 45.3 Å². The number of carbonyl (C=O) groups excluding carboxylic acids is 2. The summed E-state index contributed by atoms with van der Waals surface area (Å²) in [7, 11) is 0. The van der Waals surface area contributed by atoms with E-state index in [2.05, 4.69) is 16.0 Å². The lowest BCUT2D eigenvalue weighted by atomic mass is 9.88. The quantitative estimate of drug-likeness (QED) is 0.690. The van der Waals surface area contributed by atoms with E-state index in [9.17, 15) is 9.59 Å². The summed E-state index contributed by atoms with van der Waals surface area (Å²) < 4.78 is 0. The summed E-state index contributed by atoms with van der Waals surface area (Å²) in [4.78, 5) is 23.8. The van der Waals surface area contributed by atoms with Gasteiger partial charge in [-0.1, -0.05) is 19.3 Å². The van der Waals surface area contributed by atoms with Gasteiger partial charge >= 0.3 is 0 Å². The van der Waals surface area contributed by atoms with Crippen LogP contribution in [0.4, 0.5) is 0 Å². The third kappa shape index (κ3) is 6.22. The molecule has 2 aliphatic rings. The van der Waals surface area contributed by atoms with Gasteiger partial charge < -0.3 is 16.0 Å². The Labute approximate surface area is 133 Å². The molecule has 3 N–H and O–H groups in total. The topological polar surface area (TPSA) is 70.2 Å². The third-order valence-corrected chi connectivity index (χ3v) is 4.31. The van der Waals surface area contributed by atoms with E-state index >= 15 is 0 Å². The molecule has 2 amide bonds. The molecule has 0 aromatic carbocycles. The van der Waals surface area contributed by atoms with Gasteiger partial charge in [0.2, 0.25) is 11.8 Å². The van der Waals surface area contributed by atoms with Gasteiger partial charge in [0.25, 0.3) is 0 Å². The molecule has 1 saturated carbocycles. The standard InChI is InChI=1S/C15H27N3O2.ClH/c1-11(7-14(19)17-10-12-8-16-9-12)18-15(20)13-5-3-2-4-6-13;/h11-13,16H,2-10H2,1H3,(H,17,19)(H,18,20);1H. The van der Waals surface area contributed by atoms with Crippen molar-refractivity contribution in [2.75, 3.05) is 19.6 Å². The van der Waals surface area contributed by atoms with Crippen LogP contribution < -0.4 is 16.0 Å². The van der Waals surface area contributed by atoms with Crippen molar-refractivity contribution in [1.29, 1.82) is 0 Å². The number of halogens is 1. The summed E-state index contributed by atoms with van der Waals surface area (Å²) in [6, 6.07) is -0.0797. The fraction of sp³-hybridized carbons (Fsp3) is 0.867. The molecule has 1 unspecified atom stereocenters. The Balaban J connectivity index is 0.00000220. The molecule has 6 heteroatoms. The summed E-state index contributed by atoms with van der Waals surface area (Å²) >= 11 is 0. The molecule has 2 fully saturated rings. The second-order valence-corrected chi connectivity index (χ2v) is 6.28. The fourth-order valence-corrected chi connectivity index (χ4v) is 2.88. The minimum absolute atomic E-state index is 0. The zero-order valence-electron chi connectivity index (χ0n) is 12.8. The highest BCUT2D eigenvalue weighted by molar-refractivity contribution is 5.85. The Morgan fingerprint density at radius 3 is 2.43 bits per heavy atom. The van der Waals surface area contributed by atoms with E-state index < -0.39 is 0 Å². The van der Waals surface area contributed by atoms with Gasteiger partial charge in [-0.3, -0.25) is 9.59 Å². The zero-order chi connectivity index (χ0) is 14.4. The maximum absolute atomic E-state index is 12.1. The molecule has 5 nitrogen and oxygen atoms in total. The van der Waals surface area contributed by atoms with E-state index in [1.54, 1.807) is 0 Å². The minimum atomic E-state index is -0.0797. The molecule has 0 spiro atoms. The fourth-order valence-electron chi connectivity index (χ4n) is 2.88. The van der Waals surface area contributed by atoms with Crippen molar-refractivity contribution in [1.82, 2.24) is 16.0 Å². The molecule has 0 aromatic rings. The van der Waals surface area contributed by atoms with Crippen molar-refractivity contribution >= 4 is 24.2 Å². The predicted octanol–water partition coefficient (Wildman–Crippen LogP) is 1.22. The predicted molar refractivity (Wildman–Crippen MR) is 85.4 cm³/mol. The van der Waals surface area contributed by atoms with Crippen LogP contribution in [0.25, 0.3) is 0 Å². The molecular formula is C15H28ClN3O2. The molecule has 1 saturated heterocycles.